The third-order valence-corrected chi connectivity index (χ3v) is 10.5. The summed E-state index contributed by atoms with van der Waals surface area (Å²) in [5.74, 6) is -0.797. The lowest BCUT2D eigenvalue weighted by Gasteiger charge is -2.34. The van der Waals surface area contributed by atoms with E-state index in [0.717, 1.165) is 41.1 Å². The quantitative estimate of drug-likeness (QED) is 0.179. The largest absolute Gasteiger partial charge is 0.352 e. The summed E-state index contributed by atoms with van der Waals surface area (Å²) in [4.78, 5) is 30.1. The molecule has 0 unspecified atom stereocenters. The minimum Gasteiger partial charge on any atom is -0.352 e. The second-order valence-corrected chi connectivity index (χ2v) is 13.8. The van der Waals surface area contributed by atoms with Crippen LogP contribution in [0.3, 0.4) is 0 Å². The van der Waals surface area contributed by atoms with Crippen LogP contribution in [0, 0.1) is 0 Å². The van der Waals surface area contributed by atoms with Crippen LogP contribution in [-0.2, 0) is 32.6 Å². The first-order chi connectivity index (χ1) is 21.7. The summed E-state index contributed by atoms with van der Waals surface area (Å²) in [7, 11) is -4.23. The van der Waals surface area contributed by atoms with Gasteiger partial charge in [0.05, 0.1) is 20.6 Å². The maximum atomic E-state index is 14.5. The smallest absolute Gasteiger partial charge is 0.264 e. The predicted molar refractivity (Wildman–Crippen MR) is 179 cm³/mol. The number of carbonyl (C=O) groups is 2. The van der Waals surface area contributed by atoms with Crippen LogP contribution in [0.25, 0.3) is 0 Å². The molecule has 0 spiro atoms. The SMILES string of the molecule is O=C(NC1CCCC1)[C@@H](Cc1ccccc1)N(Cc1ccccc1)C(=O)CN(c1ccc(Cl)c(Cl)c1)S(=O)(=O)c1ccccc1. The molecule has 1 N–H and O–H groups in total. The van der Waals surface area contributed by atoms with E-state index in [-0.39, 0.29) is 45.5 Å². The Hall–Kier alpha value is -3.85. The summed E-state index contributed by atoms with van der Waals surface area (Å²) >= 11 is 12.5. The Balaban J connectivity index is 1.56. The number of benzene rings is 4. The normalized spacial score (nSPS) is 14.1. The Morgan fingerprint density at radius 1 is 0.778 bits per heavy atom. The van der Waals surface area contributed by atoms with Crippen LogP contribution in [0.4, 0.5) is 5.69 Å². The molecule has 0 heterocycles. The monoisotopic (exact) mass is 663 g/mol. The number of sulfonamides is 1. The molecule has 0 radical (unpaired) electrons. The molecule has 2 amide bonds. The van der Waals surface area contributed by atoms with E-state index in [0.29, 0.717) is 0 Å². The molecule has 0 aromatic heterocycles. The molecule has 0 aliphatic heterocycles. The molecule has 234 valence electrons. The van der Waals surface area contributed by atoms with Crippen LogP contribution < -0.4 is 9.62 Å². The number of nitrogens with zero attached hydrogens (tertiary/aromatic N) is 2. The van der Waals surface area contributed by atoms with Crippen molar-refractivity contribution < 1.29 is 18.0 Å². The van der Waals surface area contributed by atoms with Crippen molar-refractivity contribution in [2.45, 2.75) is 55.6 Å². The van der Waals surface area contributed by atoms with E-state index in [9.17, 15) is 18.0 Å². The number of hydrogen-bond donors (Lipinski definition) is 1. The van der Waals surface area contributed by atoms with Crippen molar-refractivity contribution in [3.8, 4) is 0 Å². The number of anilines is 1. The van der Waals surface area contributed by atoms with Gasteiger partial charge in [0.1, 0.15) is 12.6 Å². The minimum atomic E-state index is -4.23. The molecule has 1 aliphatic rings. The number of nitrogens with one attached hydrogen (secondary N) is 1. The molecule has 4 aromatic carbocycles. The second-order valence-electron chi connectivity index (χ2n) is 11.1. The fraction of sp³-hybridized carbons (Fsp3) is 0.257. The summed E-state index contributed by atoms with van der Waals surface area (Å²) < 4.78 is 29.2. The average Bonchev–Trinajstić information content (AvgIpc) is 3.57. The van der Waals surface area contributed by atoms with Gasteiger partial charge in [-0.25, -0.2) is 8.42 Å². The summed E-state index contributed by atoms with van der Waals surface area (Å²) in [5.41, 5.74) is 1.87. The zero-order chi connectivity index (χ0) is 31.8. The zero-order valence-corrected chi connectivity index (χ0v) is 27.0. The Morgan fingerprint density at radius 2 is 1.36 bits per heavy atom. The molecule has 10 heteroatoms. The van der Waals surface area contributed by atoms with Gasteiger partial charge in [0.2, 0.25) is 11.8 Å². The van der Waals surface area contributed by atoms with E-state index < -0.39 is 28.5 Å². The van der Waals surface area contributed by atoms with Gasteiger partial charge in [0.15, 0.2) is 0 Å². The summed E-state index contributed by atoms with van der Waals surface area (Å²) in [5, 5.41) is 3.58. The van der Waals surface area contributed by atoms with Gasteiger partial charge >= 0.3 is 0 Å². The van der Waals surface area contributed by atoms with E-state index in [2.05, 4.69) is 5.32 Å². The number of rotatable bonds is 12. The van der Waals surface area contributed by atoms with Gasteiger partial charge in [-0.2, -0.15) is 0 Å². The van der Waals surface area contributed by atoms with Crippen molar-refractivity contribution in [3.63, 3.8) is 0 Å². The summed E-state index contributed by atoms with van der Waals surface area (Å²) in [6.07, 6.45) is 4.11. The Kier molecular flexibility index (Phi) is 10.8. The van der Waals surface area contributed by atoms with Crippen LogP contribution in [-0.4, -0.2) is 43.8 Å². The molecule has 45 heavy (non-hydrogen) atoms. The molecule has 1 fully saturated rings. The second kappa shape index (κ2) is 15.0. The van der Waals surface area contributed by atoms with Gasteiger partial charge in [-0.05, 0) is 54.3 Å². The number of hydrogen-bond acceptors (Lipinski definition) is 4. The van der Waals surface area contributed by atoms with E-state index in [1.54, 1.807) is 18.2 Å². The highest BCUT2D eigenvalue weighted by atomic mass is 35.5. The molecular weight excluding hydrogens is 629 g/mol. The molecule has 1 atom stereocenters. The average molecular weight is 665 g/mol. The van der Waals surface area contributed by atoms with Crippen LogP contribution in [0.15, 0.2) is 114 Å². The standard InChI is InChI=1S/C35H35Cl2N3O4S/c36-31-21-20-29(23-32(31)37)40(45(43,44)30-18-8-3-9-19-30)25-34(41)39(24-27-14-6-2-7-15-27)33(22-26-12-4-1-5-13-26)35(42)38-28-16-10-11-17-28/h1-9,12-15,18-21,23,28,33H,10-11,16-17,22,24-25H2,(H,38,42)/t33-/m1/s1. The molecule has 1 saturated carbocycles. The molecule has 1 aliphatic carbocycles. The number of carbonyl (C=O) groups excluding carboxylic acids is 2. The van der Waals surface area contributed by atoms with E-state index in [1.165, 1.54) is 35.2 Å². The Bertz CT molecular complexity index is 1700. The first-order valence-corrected chi connectivity index (χ1v) is 17.1. The fourth-order valence-corrected chi connectivity index (χ4v) is 7.31. The molecular formula is C35H35Cl2N3O4S. The first-order valence-electron chi connectivity index (χ1n) is 14.9. The summed E-state index contributed by atoms with van der Waals surface area (Å²) in [6, 6.07) is 30.4. The Labute approximate surface area is 274 Å². The van der Waals surface area contributed by atoms with Gasteiger partial charge in [0, 0.05) is 19.0 Å². The van der Waals surface area contributed by atoms with Crippen LogP contribution >= 0.6 is 23.2 Å². The van der Waals surface area contributed by atoms with Gasteiger partial charge in [0.25, 0.3) is 10.0 Å². The van der Waals surface area contributed by atoms with E-state index in [1.807, 2.05) is 60.7 Å². The number of amides is 2. The first kappa shape index (κ1) is 32.5. The van der Waals surface area contributed by atoms with Crippen LogP contribution in [0.1, 0.15) is 36.8 Å². The third kappa shape index (κ3) is 8.25. The number of halogens is 2. The lowest BCUT2D eigenvalue weighted by molar-refractivity contribution is -0.140. The van der Waals surface area contributed by atoms with Crippen molar-refractivity contribution in [2.24, 2.45) is 0 Å². The lowest BCUT2D eigenvalue weighted by Crippen LogP contribution is -2.54. The van der Waals surface area contributed by atoms with Crippen molar-refractivity contribution in [1.82, 2.24) is 10.2 Å². The molecule has 7 nitrogen and oxygen atoms in total. The van der Waals surface area contributed by atoms with Crippen molar-refractivity contribution in [3.05, 3.63) is 130 Å². The highest BCUT2D eigenvalue weighted by Gasteiger charge is 2.35. The highest BCUT2D eigenvalue weighted by Crippen LogP contribution is 2.31. The minimum absolute atomic E-state index is 0.0123. The van der Waals surface area contributed by atoms with E-state index >= 15 is 0 Å². The molecule has 0 bridgehead atoms. The van der Waals surface area contributed by atoms with Crippen LogP contribution in [0.2, 0.25) is 10.0 Å². The third-order valence-electron chi connectivity index (χ3n) is 7.97. The molecule has 5 rings (SSSR count). The van der Waals surface area contributed by atoms with Gasteiger partial charge in [-0.1, -0.05) is 115 Å². The van der Waals surface area contributed by atoms with Crippen molar-refractivity contribution in [2.75, 3.05) is 10.8 Å². The maximum absolute atomic E-state index is 14.5. The highest BCUT2D eigenvalue weighted by molar-refractivity contribution is 7.92. The van der Waals surface area contributed by atoms with Crippen LogP contribution in [0.5, 0.6) is 0 Å². The topological polar surface area (TPSA) is 86.8 Å². The van der Waals surface area contributed by atoms with Gasteiger partial charge in [-0.15, -0.1) is 0 Å². The molecule has 0 saturated heterocycles. The van der Waals surface area contributed by atoms with Gasteiger partial charge < -0.3 is 10.2 Å². The van der Waals surface area contributed by atoms with Crippen molar-refractivity contribution >= 4 is 50.7 Å². The molecule has 4 aromatic rings. The Morgan fingerprint density at radius 3 is 1.96 bits per heavy atom. The fourth-order valence-electron chi connectivity index (χ4n) is 5.59. The van der Waals surface area contributed by atoms with Crippen molar-refractivity contribution in [1.29, 1.82) is 0 Å². The van der Waals surface area contributed by atoms with Gasteiger partial charge in [-0.3, -0.25) is 13.9 Å². The van der Waals surface area contributed by atoms with E-state index in [4.69, 9.17) is 23.2 Å². The predicted octanol–water partition coefficient (Wildman–Crippen LogP) is 6.89. The zero-order valence-electron chi connectivity index (χ0n) is 24.7. The maximum Gasteiger partial charge on any atom is 0.264 e. The summed E-state index contributed by atoms with van der Waals surface area (Å²) in [6.45, 7) is -0.458. The lowest BCUT2D eigenvalue weighted by atomic mass is 10.0.